The average Bonchev–Trinajstić information content (AvgIpc) is 2.83. The van der Waals surface area contributed by atoms with E-state index in [2.05, 4.69) is 20.8 Å². The Morgan fingerprint density at radius 3 is 2.88 bits per heavy atom. The molecule has 1 aromatic carbocycles. The normalized spacial score (nSPS) is 25.2. The average molecular weight is 281 g/mol. The third-order valence-electron chi connectivity index (χ3n) is 3.38. The Kier molecular flexibility index (Phi) is 2.48. The van der Waals surface area contributed by atoms with Gasteiger partial charge in [-0.05, 0) is 40.9 Å². The van der Waals surface area contributed by atoms with Crippen molar-refractivity contribution in [2.75, 3.05) is 18.1 Å². The van der Waals surface area contributed by atoms with Crippen LogP contribution in [0.4, 0.5) is 5.69 Å². The lowest BCUT2D eigenvalue weighted by molar-refractivity contribution is -0.119. The van der Waals surface area contributed by atoms with E-state index in [0.717, 1.165) is 36.2 Å². The van der Waals surface area contributed by atoms with Crippen LogP contribution in [0, 0.1) is 0 Å². The van der Waals surface area contributed by atoms with Crippen molar-refractivity contribution in [2.45, 2.75) is 18.9 Å². The molecule has 1 amide bonds. The van der Waals surface area contributed by atoms with Gasteiger partial charge < -0.3 is 0 Å². The van der Waals surface area contributed by atoms with Gasteiger partial charge in [0, 0.05) is 11.0 Å². The van der Waals surface area contributed by atoms with E-state index >= 15 is 0 Å². The Hall–Kier alpha value is -0.870. The SMILES string of the molecule is O=C1[C@H]2CCCN2CN1c1ccccc1Br. The lowest BCUT2D eigenvalue weighted by Gasteiger charge is -2.18. The fourth-order valence-electron chi connectivity index (χ4n) is 2.57. The van der Waals surface area contributed by atoms with Crippen molar-refractivity contribution in [2.24, 2.45) is 0 Å². The van der Waals surface area contributed by atoms with Crippen LogP contribution in [0.1, 0.15) is 12.8 Å². The molecule has 84 valence electrons. The predicted molar refractivity (Wildman–Crippen MR) is 66.2 cm³/mol. The summed E-state index contributed by atoms with van der Waals surface area (Å²) < 4.78 is 0.990. The van der Waals surface area contributed by atoms with Crippen LogP contribution >= 0.6 is 15.9 Å². The van der Waals surface area contributed by atoms with Crippen LogP contribution < -0.4 is 4.90 Å². The number of para-hydroxylation sites is 1. The standard InChI is InChI=1S/C12H13BrN2O/c13-9-4-1-2-5-10(9)15-8-14-7-3-6-11(14)12(15)16/h1-2,4-5,11H,3,6-8H2/t11-/m1/s1. The lowest BCUT2D eigenvalue weighted by atomic mass is 10.2. The number of hydrogen-bond donors (Lipinski definition) is 0. The van der Waals surface area contributed by atoms with E-state index in [-0.39, 0.29) is 11.9 Å². The zero-order valence-corrected chi connectivity index (χ0v) is 10.5. The Bertz CT molecular complexity index is 435. The fraction of sp³-hybridized carbons (Fsp3) is 0.417. The molecule has 2 aliphatic rings. The van der Waals surface area contributed by atoms with Gasteiger partial charge in [-0.15, -0.1) is 0 Å². The van der Waals surface area contributed by atoms with Gasteiger partial charge in [0.1, 0.15) is 0 Å². The summed E-state index contributed by atoms with van der Waals surface area (Å²) in [6, 6.07) is 8.04. The van der Waals surface area contributed by atoms with Gasteiger partial charge in [0.2, 0.25) is 5.91 Å². The van der Waals surface area contributed by atoms with Crippen LogP contribution in [0.25, 0.3) is 0 Å². The molecule has 2 aliphatic heterocycles. The summed E-state index contributed by atoms with van der Waals surface area (Å²) in [5.74, 6) is 0.254. The molecule has 1 aromatic rings. The van der Waals surface area contributed by atoms with E-state index in [4.69, 9.17) is 0 Å². The number of fused-ring (bicyclic) bond motifs is 1. The highest BCUT2D eigenvalue weighted by Crippen LogP contribution is 2.33. The second-order valence-corrected chi connectivity index (χ2v) is 5.18. The minimum Gasteiger partial charge on any atom is -0.296 e. The summed E-state index contributed by atoms with van der Waals surface area (Å²) >= 11 is 3.50. The van der Waals surface area contributed by atoms with Crippen molar-refractivity contribution < 1.29 is 4.79 Å². The molecule has 0 bridgehead atoms. The fourth-order valence-corrected chi connectivity index (χ4v) is 3.07. The number of carbonyl (C=O) groups excluding carboxylic acids is 1. The van der Waals surface area contributed by atoms with Crippen LogP contribution in [0.15, 0.2) is 28.7 Å². The van der Waals surface area contributed by atoms with Gasteiger partial charge in [0.05, 0.1) is 18.4 Å². The molecule has 0 spiro atoms. The van der Waals surface area contributed by atoms with E-state index in [0.29, 0.717) is 0 Å². The molecular weight excluding hydrogens is 268 g/mol. The molecular formula is C12H13BrN2O. The molecule has 2 heterocycles. The number of carbonyl (C=O) groups is 1. The maximum atomic E-state index is 12.2. The molecule has 2 fully saturated rings. The van der Waals surface area contributed by atoms with Gasteiger partial charge in [-0.1, -0.05) is 12.1 Å². The maximum absolute atomic E-state index is 12.2. The summed E-state index contributed by atoms with van der Waals surface area (Å²) in [5.41, 5.74) is 0.988. The highest BCUT2D eigenvalue weighted by molar-refractivity contribution is 9.10. The van der Waals surface area contributed by atoms with Gasteiger partial charge in [-0.25, -0.2) is 0 Å². The number of rotatable bonds is 1. The minimum atomic E-state index is 0.132. The Morgan fingerprint density at radius 1 is 1.31 bits per heavy atom. The number of amides is 1. The van der Waals surface area contributed by atoms with Crippen LogP contribution in [0.3, 0.4) is 0 Å². The first-order valence-corrected chi connectivity index (χ1v) is 6.36. The zero-order chi connectivity index (χ0) is 11.1. The molecule has 4 heteroatoms. The third kappa shape index (κ3) is 1.48. The number of hydrogen-bond acceptors (Lipinski definition) is 2. The summed E-state index contributed by atoms with van der Waals surface area (Å²) in [7, 11) is 0. The molecule has 16 heavy (non-hydrogen) atoms. The molecule has 2 saturated heterocycles. The van der Waals surface area contributed by atoms with E-state index in [9.17, 15) is 4.79 Å². The quantitative estimate of drug-likeness (QED) is 0.788. The molecule has 0 aromatic heterocycles. The Labute approximate surface area is 103 Å². The molecule has 3 nitrogen and oxygen atoms in total. The Balaban J connectivity index is 1.93. The Morgan fingerprint density at radius 2 is 2.12 bits per heavy atom. The van der Waals surface area contributed by atoms with Crippen molar-refractivity contribution >= 4 is 27.5 Å². The smallest absolute Gasteiger partial charge is 0.245 e. The van der Waals surface area contributed by atoms with E-state index in [1.165, 1.54) is 0 Å². The summed E-state index contributed by atoms with van der Waals surface area (Å²) in [5, 5.41) is 0. The van der Waals surface area contributed by atoms with Crippen molar-refractivity contribution in [3.8, 4) is 0 Å². The molecule has 0 unspecified atom stereocenters. The number of nitrogens with zero attached hydrogens (tertiary/aromatic N) is 2. The lowest BCUT2D eigenvalue weighted by Crippen LogP contribution is -2.29. The number of anilines is 1. The van der Waals surface area contributed by atoms with E-state index in [1.807, 2.05) is 29.2 Å². The van der Waals surface area contributed by atoms with Crippen molar-refractivity contribution in [1.29, 1.82) is 0 Å². The van der Waals surface area contributed by atoms with Crippen molar-refractivity contribution in [3.63, 3.8) is 0 Å². The molecule has 0 saturated carbocycles. The van der Waals surface area contributed by atoms with E-state index in [1.54, 1.807) is 0 Å². The summed E-state index contributed by atoms with van der Waals surface area (Å²) in [4.78, 5) is 16.4. The molecule has 1 atom stereocenters. The first-order chi connectivity index (χ1) is 7.77. The topological polar surface area (TPSA) is 23.6 Å². The van der Waals surface area contributed by atoms with Gasteiger partial charge >= 0.3 is 0 Å². The van der Waals surface area contributed by atoms with Gasteiger partial charge in [0.25, 0.3) is 0 Å². The van der Waals surface area contributed by atoms with Crippen LogP contribution in [0.5, 0.6) is 0 Å². The molecule has 0 N–H and O–H groups in total. The summed E-state index contributed by atoms with van der Waals surface area (Å²) in [6.07, 6.45) is 2.17. The second-order valence-electron chi connectivity index (χ2n) is 4.33. The van der Waals surface area contributed by atoms with Crippen LogP contribution in [0.2, 0.25) is 0 Å². The van der Waals surface area contributed by atoms with Crippen molar-refractivity contribution in [3.05, 3.63) is 28.7 Å². The van der Waals surface area contributed by atoms with Gasteiger partial charge in [0.15, 0.2) is 0 Å². The molecule has 3 rings (SSSR count). The monoisotopic (exact) mass is 280 g/mol. The highest BCUT2D eigenvalue weighted by atomic mass is 79.9. The first kappa shape index (κ1) is 10.3. The zero-order valence-electron chi connectivity index (χ0n) is 8.90. The van der Waals surface area contributed by atoms with E-state index < -0.39 is 0 Å². The van der Waals surface area contributed by atoms with Gasteiger partial charge in [-0.3, -0.25) is 14.6 Å². The van der Waals surface area contributed by atoms with Crippen LogP contribution in [-0.2, 0) is 4.79 Å². The highest BCUT2D eigenvalue weighted by Gasteiger charge is 2.41. The predicted octanol–water partition coefficient (Wildman–Crippen LogP) is 2.22. The second kappa shape index (κ2) is 3.86. The van der Waals surface area contributed by atoms with Crippen molar-refractivity contribution in [1.82, 2.24) is 4.90 Å². The van der Waals surface area contributed by atoms with Gasteiger partial charge in [-0.2, -0.15) is 0 Å². The number of halogens is 1. The largest absolute Gasteiger partial charge is 0.296 e. The third-order valence-corrected chi connectivity index (χ3v) is 4.05. The number of benzene rings is 1. The summed E-state index contributed by atoms with van der Waals surface area (Å²) in [6.45, 7) is 1.80. The van der Waals surface area contributed by atoms with Crippen LogP contribution in [-0.4, -0.2) is 30.1 Å². The molecule has 0 aliphatic carbocycles. The minimum absolute atomic E-state index is 0.132. The first-order valence-electron chi connectivity index (χ1n) is 5.57. The maximum Gasteiger partial charge on any atom is 0.245 e. The molecule has 0 radical (unpaired) electrons.